The van der Waals surface area contributed by atoms with E-state index >= 15 is 0 Å². The van der Waals surface area contributed by atoms with Gasteiger partial charge in [-0.3, -0.25) is 9.59 Å². The van der Waals surface area contributed by atoms with E-state index in [1.165, 1.54) is 0 Å². The standard InChI is InChI=1S/C20H19ClN2O2S/c1-20(2)16(17(24)22-11-12-7-9-13(21)10-8-12)23-18(25)14-5-3-4-6-15(14)19(23)26-20/h3-10,16,19H,11H2,1-2H3,(H,22,24). The summed E-state index contributed by atoms with van der Waals surface area (Å²) in [5.74, 6) is -0.184. The number of thioether (sulfide) groups is 1. The molecule has 6 heteroatoms. The topological polar surface area (TPSA) is 49.4 Å². The summed E-state index contributed by atoms with van der Waals surface area (Å²) >= 11 is 7.57. The molecule has 26 heavy (non-hydrogen) atoms. The van der Waals surface area contributed by atoms with Crippen LogP contribution < -0.4 is 5.32 Å². The number of hydrogen-bond donors (Lipinski definition) is 1. The van der Waals surface area contributed by atoms with E-state index in [2.05, 4.69) is 5.32 Å². The third-order valence-electron chi connectivity index (χ3n) is 4.92. The van der Waals surface area contributed by atoms with Crippen LogP contribution in [-0.2, 0) is 11.3 Å². The highest BCUT2D eigenvalue weighted by molar-refractivity contribution is 8.01. The maximum atomic E-state index is 13.0. The molecule has 4 rings (SSSR count). The van der Waals surface area contributed by atoms with E-state index in [0.29, 0.717) is 17.1 Å². The lowest BCUT2D eigenvalue weighted by Gasteiger charge is -2.29. The van der Waals surface area contributed by atoms with E-state index in [0.717, 1.165) is 11.1 Å². The van der Waals surface area contributed by atoms with E-state index in [1.54, 1.807) is 28.8 Å². The van der Waals surface area contributed by atoms with Crippen LogP contribution in [0.1, 0.15) is 40.7 Å². The van der Waals surface area contributed by atoms with E-state index in [9.17, 15) is 9.59 Å². The molecule has 4 nitrogen and oxygen atoms in total. The van der Waals surface area contributed by atoms with Crippen LogP contribution >= 0.6 is 23.4 Å². The fraction of sp³-hybridized carbons (Fsp3) is 0.300. The summed E-state index contributed by atoms with van der Waals surface area (Å²) in [6, 6.07) is 14.5. The molecule has 2 aromatic carbocycles. The van der Waals surface area contributed by atoms with Gasteiger partial charge >= 0.3 is 0 Å². The number of fused-ring (bicyclic) bond motifs is 3. The Morgan fingerprint density at radius 3 is 2.62 bits per heavy atom. The second kappa shape index (κ2) is 6.32. The van der Waals surface area contributed by atoms with Crippen LogP contribution in [0, 0.1) is 0 Å². The molecular weight excluding hydrogens is 368 g/mol. The third kappa shape index (κ3) is 2.79. The van der Waals surface area contributed by atoms with E-state index in [-0.39, 0.29) is 21.9 Å². The first kappa shape index (κ1) is 17.4. The zero-order valence-electron chi connectivity index (χ0n) is 14.5. The van der Waals surface area contributed by atoms with Crippen molar-refractivity contribution in [2.45, 2.75) is 36.6 Å². The first-order valence-corrected chi connectivity index (χ1v) is 9.76. The molecule has 0 aromatic heterocycles. The predicted molar refractivity (Wildman–Crippen MR) is 104 cm³/mol. The molecule has 1 saturated heterocycles. The average Bonchev–Trinajstić information content (AvgIpc) is 3.04. The smallest absolute Gasteiger partial charge is 0.256 e. The second-order valence-electron chi connectivity index (χ2n) is 7.12. The molecule has 2 aromatic rings. The highest BCUT2D eigenvalue weighted by atomic mass is 35.5. The fourth-order valence-corrected chi connectivity index (χ4v) is 5.41. The minimum atomic E-state index is -0.510. The molecule has 0 bridgehead atoms. The summed E-state index contributed by atoms with van der Waals surface area (Å²) in [7, 11) is 0. The van der Waals surface area contributed by atoms with Crippen LogP contribution in [0.3, 0.4) is 0 Å². The van der Waals surface area contributed by atoms with E-state index < -0.39 is 6.04 Å². The molecule has 2 aliphatic rings. The van der Waals surface area contributed by atoms with Gasteiger partial charge in [0.25, 0.3) is 5.91 Å². The van der Waals surface area contributed by atoms with Crippen LogP contribution in [0.15, 0.2) is 48.5 Å². The number of halogens is 1. The molecule has 134 valence electrons. The Morgan fingerprint density at radius 1 is 1.19 bits per heavy atom. The fourth-order valence-electron chi connectivity index (χ4n) is 3.69. The lowest BCUT2D eigenvalue weighted by Crippen LogP contribution is -2.52. The highest BCUT2D eigenvalue weighted by Crippen LogP contribution is 2.56. The first-order chi connectivity index (χ1) is 12.4. The van der Waals surface area contributed by atoms with Crippen molar-refractivity contribution < 1.29 is 9.59 Å². The summed E-state index contributed by atoms with van der Waals surface area (Å²) < 4.78 is -0.363. The predicted octanol–water partition coefficient (Wildman–Crippen LogP) is 4.00. The SMILES string of the molecule is CC1(C)SC2c3ccccc3C(=O)N2C1C(=O)NCc1ccc(Cl)cc1. The zero-order chi connectivity index (χ0) is 18.5. The lowest BCUT2D eigenvalue weighted by atomic mass is 10.0. The number of benzene rings is 2. The Labute approximate surface area is 161 Å². The van der Waals surface area contributed by atoms with Crippen molar-refractivity contribution in [3.05, 3.63) is 70.2 Å². The number of amides is 2. The Hall–Kier alpha value is -1.98. The maximum Gasteiger partial charge on any atom is 0.256 e. The Kier molecular flexibility index (Phi) is 4.24. The number of nitrogens with one attached hydrogen (secondary N) is 1. The lowest BCUT2D eigenvalue weighted by molar-refractivity contribution is -0.126. The van der Waals surface area contributed by atoms with Crippen molar-refractivity contribution in [3.8, 4) is 0 Å². The van der Waals surface area contributed by atoms with Gasteiger partial charge in [0.2, 0.25) is 5.91 Å². The van der Waals surface area contributed by atoms with Crippen LogP contribution in [0.5, 0.6) is 0 Å². The van der Waals surface area contributed by atoms with Crippen molar-refractivity contribution in [1.82, 2.24) is 10.2 Å². The minimum absolute atomic E-state index is 0.0599. The van der Waals surface area contributed by atoms with Gasteiger partial charge in [-0.15, -0.1) is 11.8 Å². The van der Waals surface area contributed by atoms with Gasteiger partial charge in [0.05, 0.1) is 0 Å². The maximum absolute atomic E-state index is 13.0. The molecular formula is C20H19ClN2O2S. The van der Waals surface area contributed by atoms with Crippen LogP contribution in [-0.4, -0.2) is 27.5 Å². The first-order valence-electron chi connectivity index (χ1n) is 8.50. The molecule has 2 amide bonds. The van der Waals surface area contributed by atoms with Gasteiger partial charge in [-0.2, -0.15) is 0 Å². The molecule has 2 aliphatic heterocycles. The molecule has 0 radical (unpaired) electrons. The van der Waals surface area contributed by atoms with Crippen molar-refractivity contribution in [1.29, 1.82) is 0 Å². The summed E-state index contributed by atoms with van der Waals surface area (Å²) in [6.45, 7) is 4.46. The van der Waals surface area contributed by atoms with Gasteiger partial charge in [-0.1, -0.05) is 41.9 Å². The Morgan fingerprint density at radius 2 is 1.88 bits per heavy atom. The van der Waals surface area contributed by atoms with Crippen molar-refractivity contribution >= 4 is 35.2 Å². The number of carbonyl (C=O) groups is 2. The van der Waals surface area contributed by atoms with Crippen molar-refractivity contribution in [2.24, 2.45) is 0 Å². The normalized spacial score (nSPS) is 22.9. The molecule has 2 unspecified atom stereocenters. The number of hydrogen-bond acceptors (Lipinski definition) is 3. The average molecular weight is 387 g/mol. The monoisotopic (exact) mass is 386 g/mol. The van der Waals surface area contributed by atoms with Crippen LogP contribution in [0.4, 0.5) is 0 Å². The van der Waals surface area contributed by atoms with Crippen molar-refractivity contribution in [3.63, 3.8) is 0 Å². The summed E-state index contributed by atoms with van der Waals surface area (Å²) in [4.78, 5) is 27.6. The van der Waals surface area contributed by atoms with Gasteiger partial charge in [0.1, 0.15) is 11.4 Å². The van der Waals surface area contributed by atoms with Crippen LogP contribution in [0.25, 0.3) is 0 Å². The molecule has 2 heterocycles. The van der Waals surface area contributed by atoms with Gasteiger partial charge in [-0.25, -0.2) is 0 Å². The number of carbonyl (C=O) groups excluding carboxylic acids is 2. The number of nitrogens with zero attached hydrogens (tertiary/aromatic N) is 1. The molecule has 1 fully saturated rings. The van der Waals surface area contributed by atoms with E-state index in [1.807, 2.05) is 50.2 Å². The number of rotatable bonds is 3. The quantitative estimate of drug-likeness (QED) is 0.867. The molecule has 0 aliphatic carbocycles. The largest absolute Gasteiger partial charge is 0.350 e. The van der Waals surface area contributed by atoms with Gasteiger partial charge in [-0.05, 0) is 43.2 Å². The van der Waals surface area contributed by atoms with Gasteiger partial charge in [0, 0.05) is 21.9 Å². The Balaban J connectivity index is 1.56. The molecule has 0 saturated carbocycles. The summed E-state index contributed by atoms with van der Waals surface area (Å²) in [5.41, 5.74) is 2.68. The molecule has 2 atom stereocenters. The van der Waals surface area contributed by atoms with Crippen LogP contribution in [0.2, 0.25) is 5.02 Å². The van der Waals surface area contributed by atoms with Gasteiger partial charge in [0.15, 0.2) is 0 Å². The highest BCUT2D eigenvalue weighted by Gasteiger charge is 2.57. The van der Waals surface area contributed by atoms with Gasteiger partial charge < -0.3 is 10.2 Å². The Bertz CT molecular complexity index is 882. The summed E-state index contributed by atoms with van der Waals surface area (Å²) in [5, 5.41) is 3.55. The molecule has 1 N–H and O–H groups in total. The van der Waals surface area contributed by atoms with Crippen molar-refractivity contribution in [2.75, 3.05) is 0 Å². The van der Waals surface area contributed by atoms with E-state index in [4.69, 9.17) is 11.6 Å². The second-order valence-corrected chi connectivity index (χ2v) is 9.29. The minimum Gasteiger partial charge on any atom is -0.350 e. The molecule has 0 spiro atoms. The third-order valence-corrected chi connectivity index (χ3v) is 6.71. The summed E-state index contributed by atoms with van der Waals surface area (Å²) in [6.07, 6.45) is 0. The zero-order valence-corrected chi connectivity index (χ0v) is 16.1.